The van der Waals surface area contributed by atoms with Crippen LogP contribution >= 0.6 is 0 Å². The lowest BCUT2D eigenvalue weighted by Crippen LogP contribution is -2.33. The summed E-state index contributed by atoms with van der Waals surface area (Å²) in [5, 5.41) is 21.1. The number of aromatic nitrogens is 1. The second-order valence-corrected chi connectivity index (χ2v) is 9.21. The molecule has 2 aromatic carbocycles. The molecule has 1 fully saturated rings. The van der Waals surface area contributed by atoms with E-state index >= 15 is 0 Å². The van der Waals surface area contributed by atoms with Crippen molar-refractivity contribution in [2.45, 2.75) is 52.2 Å². The molecule has 36 heavy (non-hydrogen) atoms. The van der Waals surface area contributed by atoms with Crippen molar-refractivity contribution in [2.75, 3.05) is 13.1 Å². The molecule has 1 aromatic heterocycles. The summed E-state index contributed by atoms with van der Waals surface area (Å²) in [6.07, 6.45) is 5.99. The van der Waals surface area contributed by atoms with Crippen molar-refractivity contribution in [2.24, 2.45) is 5.92 Å². The Morgan fingerprint density at radius 3 is 2.36 bits per heavy atom. The van der Waals surface area contributed by atoms with Crippen LogP contribution in [0.25, 0.3) is 11.0 Å². The fourth-order valence-electron chi connectivity index (χ4n) is 4.25. The molecule has 0 aliphatic carbocycles. The predicted octanol–water partition coefficient (Wildman–Crippen LogP) is 5.17. The SMILES string of the molecule is CC(C)Oc1ccc2c(CCC3CCN(Cc4ccccc4)CC3)noc2c1.O=C(O)C=CC(=O)O. The standard InChI is InChI=1S/C24H30N2O2.C4H4O4/c1-18(2)27-21-9-10-22-23(25-28-24(22)16-21)11-8-19-12-14-26(15-13-19)17-20-6-4-3-5-7-20;5-3(6)1-2-4(7)8/h3-7,9-10,16,18-19H,8,11-15,17H2,1-2H3;1-2H,(H,5,6)(H,7,8). The first-order chi connectivity index (χ1) is 17.3. The summed E-state index contributed by atoms with van der Waals surface area (Å²) in [5.41, 5.74) is 3.32. The van der Waals surface area contributed by atoms with Gasteiger partial charge in [0.1, 0.15) is 5.75 Å². The van der Waals surface area contributed by atoms with Crippen LogP contribution in [0.2, 0.25) is 0 Å². The summed E-state index contributed by atoms with van der Waals surface area (Å²) in [6.45, 7) is 7.51. The van der Waals surface area contributed by atoms with Crippen LogP contribution in [0.4, 0.5) is 0 Å². The number of nitrogens with zero attached hydrogens (tertiary/aromatic N) is 2. The van der Waals surface area contributed by atoms with Crippen molar-refractivity contribution in [1.29, 1.82) is 0 Å². The molecule has 8 nitrogen and oxygen atoms in total. The Hall–Kier alpha value is -3.65. The summed E-state index contributed by atoms with van der Waals surface area (Å²) >= 11 is 0. The summed E-state index contributed by atoms with van der Waals surface area (Å²) in [7, 11) is 0. The number of hydrogen-bond acceptors (Lipinski definition) is 6. The molecule has 3 aromatic rings. The molecule has 0 saturated carbocycles. The minimum absolute atomic E-state index is 0.160. The Bertz CT molecular complexity index is 1130. The first-order valence-corrected chi connectivity index (χ1v) is 12.3. The molecule has 4 rings (SSSR count). The maximum Gasteiger partial charge on any atom is 0.328 e. The summed E-state index contributed by atoms with van der Waals surface area (Å²) in [4.78, 5) is 21.7. The fourth-order valence-corrected chi connectivity index (χ4v) is 4.25. The summed E-state index contributed by atoms with van der Waals surface area (Å²) < 4.78 is 11.3. The van der Waals surface area contributed by atoms with Crippen molar-refractivity contribution < 1.29 is 29.1 Å². The number of aliphatic carboxylic acids is 2. The Labute approximate surface area is 211 Å². The molecule has 192 valence electrons. The van der Waals surface area contributed by atoms with Crippen molar-refractivity contribution in [1.82, 2.24) is 10.1 Å². The Balaban J connectivity index is 0.000000392. The van der Waals surface area contributed by atoms with E-state index in [0.717, 1.165) is 41.3 Å². The highest BCUT2D eigenvalue weighted by Gasteiger charge is 2.20. The molecule has 0 bridgehead atoms. The van der Waals surface area contributed by atoms with Gasteiger partial charge in [0.2, 0.25) is 0 Å². The first-order valence-electron chi connectivity index (χ1n) is 12.3. The fraction of sp³-hybridized carbons (Fsp3) is 0.393. The van der Waals surface area contributed by atoms with Gasteiger partial charge in [0, 0.05) is 30.1 Å². The Morgan fingerprint density at radius 2 is 1.75 bits per heavy atom. The number of carboxylic acids is 2. The van der Waals surface area contributed by atoms with Gasteiger partial charge in [-0.1, -0.05) is 35.5 Å². The van der Waals surface area contributed by atoms with Gasteiger partial charge in [-0.25, -0.2) is 9.59 Å². The van der Waals surface area contributed by atoms with Gasteiger partial charge in [0.25, 0.3) is 0 Å². The number of ether oxygens (including phenoxy) is 1. The normalized spacial score (nSPS) is 14.6. The molecule has 8 heteroatoms. The average molecular weight is 495 g/mol. The van der Waals surface area contributed by atoms with Crippen LogP contribution in [-0.4, -0.2) is 51.4 Å². The van der Waals surface area contributed by atoms with Crippen molar-refractivity contribution >= 4 is 22.9 Å². The number of rotatable bonds is 9. The lowest BCUT2D eigenvalue weighted by atomic mass is 9.91. The number of likely N-dealkylation sites (tertiary alicyclic amines) is 1. The zero-order valence-electron chi connectivity index (χ0n) is 20.8. The number of fused-ring (bicyclic) bond motifs is 1. The van der Waals surface area contributed by atoms with Crippen LogP contribution in [-0.2, 0) is 22.6 Å². The minimum Gasteiger partial charge on any atom is -0.491 e. The highest BCUT2D eigenvalue weighted by molar-refractivity contribution is 5.89. The molecular weight excluding hydrogens is 460 g/mol. The monoisotopic (exact) mass is 494 g/mol. The van der Waals surface area contributed by atoms with Crippen LogP contribution in [0.1, 0.15) is 44.4 Å². The maximum atomic E-state index is 9.55. The van der Waals surface area contributed by atoms with E-state index in [9.17, 15) is 9.59 Å². The van der Waals surface area contributed by atoms with E-state index in [-0.39, 0.29) is 6.10 Å². The molecule has 0 spiro atoms. The van der Waals surface area contributed by atoms with Gasteiger partial charge in [-0.05, 0) is 76.2 Å². The predicted molar refractivity (Wildman–Crippen MR) is 137 cm³/mol. The van der Waals surface area contributed by atoms with E-state index in [1.165, 1.54) is 37.9 Å². The second kappa shape index (κ2) is 13.4. The summed E-state index contributed by atoms with van der Waals surface area (Å²) in [5.74, 6) is -0.891. The number of aryl methyl sites for hydroxylation is 1. The van der Waals surface area contributed by atoms with E-state index in [4.69, 9.17) is 19.5 Å². The number of carbonyl (C=O) groups is 2. The third-order valence-electron chi connectivity index (χ3n) is 6.00. The van der Waals surface area contributed by atoms with Gasteiger partial charge in [0.05, 0.1) is 11.8 Å². The van der Waals surface area contributed by atoms with E-state index in [1.807, 2.05) is 26.0 Å². The van der Waals surface area contributed by atoms with Crippen LogP contribution in [0.3, 0.4) is 0 Å². The quantitative estimate of drug-likeness (QED) is 0.392. The molecule has 0 radical (unpaired) electrons. The topological polar surface area (TPSA) is 113 Å². The van der Waals surface area contributed by atoms with Crippen molar-refractivity contribution in [3.05, 3.63) is 71.9 Å². The van der Waals surface area contributed by atoms with Gasteiger partial charge < -0.3 is 19.5 Å². The molecular formula is C28H34N2O6. The third kappa shape index (κ3) is 8.85. The lowest BCUT2D eigenvalue weighted by Gasteiger charge is -2.31. The van der Waals surface area contributed by atoms with Gasteiger partial charge in [-0.2, -0.15) is 0 Å². The summed E-state index contributed by atoms with van der Waals surface area (Å²) in [6, 6.07) is 16.8. The highest BCUT2D eigenvalue weighted by atomic mass is 16.5. The number of piperidine rings is 1. The molecule has 1 aliphatic heterocycles. The van der Waals surface area contributed by atoms with Crippen molar-refractivity contribution in [3.63, 3.8) is 0 Å². The first kappa shape index (κ1) is 26.9. The smallest absolute Gasteiger partial charge is 0.328 e. The number of benzene rings is 2. The molecule has 1 saturated heterocycles. The Morgan fingerprint density at radius 1 is 1.08 bits per heavy atom. The second-order valence-electron chi connectivity index (χ2n) is 9.21. The van der Waals surface area contributed by atoms with Gasteiger partial charge >= 0.3 is 11.9 Å². The molecule has 0 amide bonds. The molecule has 2 N–H and O–H groups in total. The van der Waals surface area contributed by atoms with E-state index in [1.54, 1.807) is 0 Å². The largest absolute Gasteiger partial charge is 0.491 e. The molecule has 0 unspecified atom stereocenters. The van der Waals surface area contributed by atoms with Crippen LogP contribution in [0, 0.1) is 5.92 Å². The van der Waals surface area contributed by atoms with E-state index in [0.29, 0.717) is 12.2 Å². The van der Waals surface area contributed by atoms with Gasteiger partial charge in [-0.15, -0.1) is 0 Å². The Kier molecular flexibility index (Phi) is 10.1. The van der Waals surface area contributed by atoms with Gasteiger partial charge in [-0.3, -0.25) is 4.90 Å². The lowest BCUT2D eigenvalue weighted by molar-refractivity contribution is -0.134. The maximum absolute atomic E-state index is 9.55. The van der Waals surface area contributed by atoms with Crippen LogP contribution in [0.15, 0.2) is 65.2 Å². The van der Waals surface area contributed by atoms with E-state index in [2.05, 4.69) is 46.5 Å². The van der Waals surface area contributed by atoms with Crippen LogP contribution in [0.5, 0.6) is 5.75 Å². The highest BCUT2D eigenvalue weighted by Crippen LogP contribution is 2.28. The van der Waals surface area contributed by atoms with Crippen molar-refractivity contribution in [3.8, 4) is 5.75 Å². The number of hydrogen-bond donors (Lipinski definition) is 2. The molecule has 1 aliphatic rings. The average Bonchev–Trinajstić information content (AvgIpc) is 3.25. The van der Waals surface area contributed by atoms with E-state index < -0.39 is 11.9 Å². The zero-order valence-corrected chi connectivity index (χ0v) is 20.8. The minimum atomic E-state index is -1.26. The molecule has 2 heterocycles. The zero-order chi connectivity index (χ0) is 25.9. The van der Waals surface area contributed by atoms with Crippen LogP contribution < -0.4 is 4.74 Å². The van der Waals surface area contributed by atoms with Gasteiger partial charge in [0.15, 0.2) is 5.58 Å². The third-order valence-corrected chi connectivity index (χ3v) is 6.00. The number of carboxylic acid groups (broad SMARTS) is 2. The molecule has 0 atom stereocenters.